The topological polar surface area (TPSA) is 94.5 Å². The van der Waals surface area contributed by atoms with E-state index in [0.29, 0.717) is 5.56 Å². The molecule has 6 nitrogen and oxygen atoms in total. The number of nitrogens with zero attached hydrogens (tertiary/aromatic N) is 4. The largest absolute Gasteiger partial charge is 0.368 e. The van der Waals surface area contributed by atoms with Gasteiger partial charge in [0.2, 0.25) is 0 Å². The van der Waals surface area contributed by atoms with Gasteiger partial charge in [-0.1, -0.05) is 0 Å². The third-order valence-electron chi connectivity index (χ3n) is 1.54. The maximum absolute atomic E-state index is 10.8. The molecule has 80 valence electrons. The van der Waals surface area contributed by atoms with Gasteiger partial charge in [-0.05, 0) is 34.9 Å². The molecule has 0 radical (unpaired) electrons. The van der Waals surface area contributed by atoms with E-state index in [1.807, 2.05) is 24.5 Å². The first-order valence-electron chi connectivity index (χ1n) is 4.42. The third kappa shape index (κ3) is 4.08. The summed E-state index contributed by atoms with van der Waals surface area (Å²) < 4.78 is 0. The number of carbonyl (C=O) groups excluding carboxylic acids is 1. The Morgan fingerprint density at radius 2 is 2.12 bits per heavy atom. The molecule has 2 aromatic heterocycles. The minimum atomic E-state index is -0.611. The fraction of sp³-hybridized carbons (Fsp3) is 0. The molecule has 0 aliphatic heterocycles. The van der Waals surface area contributed by atoms with E-state index in [9.17, 15) is 4.79 Å². The summed E-state index contributed by atoms with van der Waals surface area (Å²) in [6.45, 7) is 0. The van der Waals surface area contributed by atoms with Crippen LogP contribution in [0.1, 0.15) is 10.4 Å². The summed E-state index contributed by atoms with van der Waals surface area (Å²) in [5.74, 6) is -0.611. The number of H-pyrrole nitrogens is 1. The average Bonchev–Trinajstić information content (AvgIpc) is 2.89. The van der Waals surface area contributed by atoms with Crippen molar-refractivity contribution in [1.29, 1.82) is 0 Å². The number of aromatic amines is 1. The van der Waals surface area contributed by atoms with Crippen molar-refractivity contribution in [1.82, 2.24) is 9.97 Å². The summed E-state index contributed by atoms with van der Waals surface area (Å²) >= 11 is 0. The zero-order valence-electron chi connectivity index (χ0n) is 8.32. The molecular weight excluding hydrogens is 206 g/mol. The predicted molar refractivity (Wildman–Crippen MR) is 58.5 cm³/mol. The van der Waals surface area contributed by atoms with Crippen LogP contribution in [-0.4, -0.2) is 15.9 Å². The summed E-state index contributed by atoms with van der Waals surface area (Å²) in [6.07, 6.45) is 6.63. The standard InChI is InChI=1S/C6H4N4O.C4H5N/c7-10-9-6(11)5-2-1-3-8-4-5;1-2-4-5-3-1/h1-4H;1-5H. The number of pyridine rings is 1. The molecule has 0 spiro atoms. The molecule has 2 aromatic rings. The molecule has 0 saturated carbocycles. The van der Waals surface area contributed by atoms with Gasteiger partial charge in [-0.15, -0.1) is 0 Å². The van der Waals surface area contributed by atoms with Gasteiger partial charge in [0.1, 0.15) is 0 Å². The van der Waals surface area contributed by atoms with E-state index in [2.05, 4.69) is 20.0 Å². The van der Waals surface area contributed by atoms with Crippen LogP contribution < -0.4 is 0 Å². The SMILES string of the molecule is [N-]=[N+]=NC(=O)c1cccnc1.c1cc[nH]c1. The Balaban J connectivity index is 0.000000212. The van der Waals surface area contributed by atoms with Crippen LogP contribution in [0.2, 0.25) is 0 Å². The number of azide groups is 1. The van der Waals surface area contributed by atoms with Crippen LogP contribution >= 0.6 is 0 Å². The normalized spacial score (nSPS) is 8.25. The van der Waals surface area contributed by atoms with E-state index >= 15 is 0 Å². The lowest BCUT2D eigenvalue weighted by Crippen LogP contribution is -1.92. The van der Waals surface area contributed by atoms with Gasteiger partial charge in [0.05, 0.1) is 0 Å². The second-order valence-corrected chi connectivity index (χ2v) is 2.62. The average molecular weight is 215 g/mol. The van der Waals surface area contributed by atoms with Crippen LogP contribution in [0.5, 0.6) is 0 Å². The molecule has 6 heteroatoms. The van der Waals surface area contributed by atoms with Crippen LogP contribution in [0.3, 0.4) is 0 Å². The number of aromatic nitrogens is 2. The van der Waals surface area contributed by atoms with Crippen molar-refractivity contribution in [3.63, 3.8) is 0 Å². The molecule has 0 bridgehead atoms. The molecule has 16 heavy (non-hydrogen) atoms. The summed E-state index contributed by atoms with van der Waals surface area (Å²) in [6, 6.07) is 7.02. The van der Waals surface area contributed by atoms with Gasteiger partial charge in [-0.3, -0.25) is 9.78 Å². The van der Waals surface area contributed by atoms with Gasteiger partial charge in [0, 0.05) is 35.3 Å². The molecule has 2 heterocycles. The molecule has 1 amide bonds. The first kappa shape index (κ1) is 11.5. The summed E-state index contributed by atoms with van der Waals surface area (Å²) in [5.41, 5.74) is 8.21. The van der Waals surface area contributed by atoms with Gasteiger partial charge >= 0.3 is 0 Å². The molecule has 0 saturated heterocycles. The molecule has 0 aromatic carbocycles. The number of carbonyl (C=O) groups is 1. The first-order valence-corrected chi connectivity index (χ1v) is 4.42. The zero-order valence-corrected chi connectivity index (χ0v) is 8.32. The van der Waals surface area contributed by atoms with Crippen LogP contribution in [-0.2, 0) is 0 Å². The lowest BCUT2D eigenvalue weighted by Gasteiger charge is -1.88. The molecule has 2 rings (SSSR count). The quantitative estimate of drug-likeness (QED) is 0.449. The molecule has 0 unspecified atom stereocenters. The van der Waals surface area contributed by atoms with Gasteiger partial charge in [-0.25, -0.2) is 0 Å². The van der Waals surface area contributed by atoms with Crippen molar-refractivity contribution in [2.45, 2.75) is 0 Å². The van der Waals surface area contributed by atoms with E-state index in [1.165, 1.54) is 18.5 Å². The Morgan fingerprint density at radius 3 is 2.56 bits per heavy atom. The lowest BCUT2D eigenvalue weighted by atomic mass is 10.3. The van der Waals surface area contributed by atoms with Crippen molar-refractivity contribution in [3.05, 3.63) is 65.1 Å². The number of amides is 1. The first-order chi connectivity index (χ1) is 7.84. The molecule has 0 aliphatic carbocycles. The molecular formula is C10H9N5O. The van der Waals surface area contributed by atoms with Gasteiger partial charge in [0.25, 0.3) is 5.91 Å². The molecule has 0 aliphatic rings. The number of nitrogens with one attached hydrogen (secondary N) is 1. The second kappa shape index (κ2) is 6.80. The maximum atomic E-state index is 10.8. The van der Waals surface area contributed by atoms with Crippen LogP contribution in [0.15, 0.2) is 54.2 Å². The summed E-state index contributed by atoms with van der Waals surface area (Å²) in [5, 5.41) is 2.90. The fourth-order valence-corrected chi connectivity index (χ4v) is 0.865. The van der Waals surface area contributed by atoms with Crippen LogP contribution in [0.25, 0.3) is 10.4 Å². The Kier molecular flexibility index (Phi) is 4.88. The highest BCUT2D eigenvalue weighted by molar-refractivity contribution is 5.94. The molecule has 0 atom stereocenters. The molecule has 1 N–H and O–H groups in total. The van der Waals surface area contributed by atoms with E-state index in [1.54, 1.807) is 6.07 Å². The van der Waals surface area contributed by atoms with E-state index in [4.69, 9.17) is 5.53 Å². The highest BCUT2D eigenvalue weighted by atomic mass is 16.1. The highest BCUT2D eigenvalue weighted by Crippen LogP contribution is 1.97. The Labute approximate surface area is 91.6 Å². The number of rotatable bonds is 1. The van der Waals surface area contributed by atoms with Crippen LogP contribution in [0, 0.1) is 0 Å². The van der Waals surface area contributed by atoms with Gasteiger partial charge in [-0.2, -0.15) is 0 Å². The van der Waals surface area contributed by atoms with E-state index < -0.39 is 5.91 Å². The minimum absolute atomic E-state index is 0.297. The Morgan fingerprint density at radius 1 is 1.38 bits per heavy atom. The summed E-state index contributed by atoms with van der Waals surface area (Å²) in [7, 11) is 0. The fourth-order valence-electron chi connectivity index (χ4n) is 0.865. The smallest absolute Gasteiger partial charge is 0.250 e. The predicted octanol–water partition coefficient (Wildman–Crippen LogP) is 2.55. The Bertz CT molecular complexity index is 442. The summed E-state index contributed by atoms with van der Waals surface area (Å²) in [4.78, 5) is 19.7. The highest BCUT2D eigenvalue weighted by Gasteiger charge is 1.99. The molecule has 0 fully saturated rings. The zero-order chi connectivity index (χ0) is 11.6. The van der Waals surface area contributed by atoms with Crippen molar-refractivity contribution < 1.29 is 4.79 Å². The van der Waals surface area contributed by atoms with Gasteiger partial charge in [0.15, 0.2) is 0 Å². The van der Waals surface area contributed by atoms with Crippen molar-refractivity contribution >= 4 is 5.91 Å². The van der Waals surface area contributed by atoms with Crippen molar-refractivity contribution in [2.24, 2.45) is 5.11 Å². The second-order valence-electron chi connectivity index (χ2n) is 2.62. The lowest BCUT2D eigenvalue weighted by molar-refractivity contribution is 0.1000. The van der Waals surface area contributed by atoms with Gasteiger partial charge < -0.3 is 4.98 Å². The number of hydrogen-bond acceptors (Lipinski definition) is 2. The van der Waals surface area contributed by atoms with Crippen molar-refractivity contribution in [2.75, 3.05) is 0 Å². The maximum Gasteiger partial charge on any atom is 0.250 e. The third-order valence-corrected chi connectivity index (χ3v) is 1.54. The Hall–Kier alpha value is -2.59. The minimum Gasteiger partial charge on any atom is -0.368 e. The van der Waals surface area contributed by atoms with E-state index in [-0.39, 0.29) is 0 Å². The van der Waals surface area contributed by atoms with Crippen LogP contribution in [0.4, 0.5) is 0 Å². The van der Waals surface area contributed by atoms with Crippen molar-refractivity contribution in [3.8, 4) is 0 Å². The van der Waals surface area contributed by atoms with E-state index in [0.717, 1.165) is 0 Å². The number of hydrogen-bond donors (Lipinski definition) is 1. The monoisotopic (exact) mass is 215 g/mol.